The van der Waals surface area contributed by atoms with Gasteiger partial charge in [-0.1, -0.05) is 31.5 Å². The van der Waals surface area contributed by atoms with Gasteiger partial charge in [-0.2, -0.15) is 13.2 Å². The standard InChI is InChI=1S/C20H21ClF3N3O3/c1-11(2)18(28)27-17-9-14(6-7-25-17)19(29)26-12(3)13-4-5-16(15(21)8-13)30-10-20(22,23)24/h4-9,11-12H,10H2,1-3H3,(H,26,29)(H,25,27,28). The highest BCUT2D eigenvalue weighted by Gasteiger charge is 2.28. The molecule has 2 N–H and O–H groups in total. The summed E-state index contributed by atoms with van der Waals surface area (Å²) in [5.41, 5.74) is 0.863. The number of rotatable bonds is 7. The van der Waals surface area contributed by atoms with Gasteiger partial charge in [-0.05, 0) is 36.8 Å². The highest BCUT2D eigenvalue weighted by Crippen LogP contribution is 2.29. The maximum atomic E-state index is 12.5. The van der Waals surface area contributed by atoms with Crippen molar-refractivity contribution < 1.29 is 27.5 Å². The van der Waals surface area contributed by atoms with Crippen LogP contribution in [0.4, 0.5) is 19.0 Å². The van der Waals surface area contributed by atoms with E-state index in [0.717, 1.165) is 0 Å². The van der Waals surface area contributed by atoms with Crippen LogP contribution in [0.1, 0.15) is 42.7 Å². The first-order valence-electron chi connectivity index (χ1n) is 9.03. The molecule has 2 amide bonds. The first-order chi connectivity index (χ1) is 14.0. The summed E-state index contributed by atoms with van der Waals surface area (Å²) in [6.07, 6.45) is -3.07. The van der Waals surface area contributed by atoms with Gasteiger partial charge >= 0.3 is 6.18 Å². The summed E-state index contributed by atoms with van der Waals surface area (Å²) >= 11 is 6.00. The maximum Gasteiger partial charge on any atom is 0.422 e. The Hall–Kier alpha value is -2.81. The minimum atomic E-state index is -4.47. The third-order valence-corrected chi connectivity index (χ3v) is 4.29. The van der Waals surface area contributed by atoms with E-state index in [9.17, 15) is 22.8 Å². The Kier molecular flexibility index (Phi) is 7.66. The largest absolute Gasteiger partial charge is 0.483 e. The number of amides is 2. The number of carbonyl (C=O) groups excluding carboxylic acids is 2. The molecule has 0 aliphatic carbocycles. The number of carbonyl (C=O) groups is 2. The molecule has 10 heteroatoms. The summed E-state index contributed by atoms with van der Waals surface area (Å²) in [6, 6.07) is 6.71. The van der Waals surface area contributed by atoms with Crippen molar-refractivity contribution in [2.75, 3.05) is 11.9 Å². The van der Waals surface area contributed by atoms with Crippen molar-refractivity contribution >= 4 is 29.2 Å². The Morgan fingerprint density at radius 2 is 1.87 bits per heavy atom. The number of nitrogens with zero attached hydrogens (tertiary/aromatic N) is 1. The molecule has 1 atom stereocenters. The molecule has 0 spiro atoms. The van der Waals surface area contributed by atoms with Crippen molar-refractivity contribution in [2.24, 2.45) is 5.92 Å². The van der Waals surface area contributed by atoms with Gasteiger partial charge in [-0.3, -0.25) is 9.59 Å². The smallest absolute Gasteiger partial charge is 0.422 e. The van der Waals surface area contributed by atoms with Gasteiger partial charge in [0.15, 0.2) is 6.61 Å². The number of hydrogen-bond donors (Lipinski definition) is 2. The zero-order valence-electron chi connectivity index (χ0n) is 16.5. The third kappa shape index (κ3) is 6.91. The van der Waals surface area contributed by atoms with E-state index in [1.165, 1.54) is 36.5 Å². The molecule has 0 aliphatic rings. The normalized spacial score (nSPS) is 12.4. The van der Waals surface area contributed by atoms with Crippen molar-refractivity contribution in [2.45, 2.75) is 33.0 Å². The molecule has 1 aromatic carbocycles. The van der Waals surface area contributed by atoms with Crippen molar-refractivity contribution in [3.05, 3.63) is 52.7 Å². The van der Waals surface area contributed by atoms with Crippen molar-refractivity contribution in [3.8, 4) is 5.75 Å². The maximum absolute atomic E-state index is 12.5. The molecule has 1 aromatic heterocycles. The number of anilines is 1. The fourth-order valence-electron chi connectivity index (χ4n) is 2.34. The Morgan fingerprint density at radius 3 is 2.47 bits per heavy atom. The third-order valence-electron chi connectivity index (χ3n) is 3.99. The molecule has 1 unspecified atom stereocenters. The van der Waals surface area contributed by atoms with Crippen LogP contribution in [0.5, 0.6) is 5.75 Å². The van der Waals surface area contributed by atoms with Gasteiger partial charge < -0.3 is 15.4 Å². The van der Waals surface area contributed by atoms with Crippen LogP contribution < -0.4 is 15.4 Å². The topological polar surface area (TPSA) is 80.3 Å². The molecular formula is C20H21ClF3N3O3. The minimum absolute atomic E-state index is 0.000411. The second-order valence-corrected chi connectivity index (χ2v) is 7.27. The monoisotopic (exact) mass is 443 g/mol. The zero-order valence-corrected chi connectivity index (χ0v) is 17.3. The number of nitrogens with one attached hydrogen (secondary N) is 2. The fraction of sp³-hybridized carbons (Fsp3) is 0.350. The van der Waals surface area contributed by atoms with Crippen LogP contribution in [0.3, 0.4) is 0 Å². The highest BCUT2D eigenvalue weighted by molar-refractivity contribution is 6.32. The molecule has 0 fully saturated rings. The van der Waals surface area contributed by atoms with Crippen LogP contribution in [0.2, 0.25) is 5.02 Å². The van der Waals surface area contributed by atoms with Crippen molar-refractivity contribution in [1.29, 1.82) is 0 Å². The van der Waals surface area contributed by atoms with Gasteiger partial charge in [0, 0.05) is 17.7 Å². The van der Waals surface area contributed by atoms with E-state index in [0.29, 0.717) is 5.56 Å². The van der Waals surface area contributed by atoms with E-state index in [2.05, 4.69) is 20.4 Å². The molecule has 0 aliphatic heterocycles. The van der Waals surface area contributed by atoms with Crippen LogP contribution in [0.15, 0.2) is 36.5 Å². The quantitative estimate of drug-likeness (QED) is 0.646. The number of aromatic nitrogens is 1. The highest BCUT2D eigenvalue weighted by atomic mass is 35.5. The predicted octanol–water partition coefficient (Wildman–Crippen LogP) is 4.76. The summed E-state index contributed by atoms with van der Waals surface area (Å²) in [5, 5.41) is 5.38. The number of ether oxygens (including phenoxy) is 1. The van der Waals surface area contributed by atoms with Gasteiger partial charge in [0.05, 0.1) is 11.1 Å². The lowest BCUT2D eigenvalue weighted by atomic mass is 10.1. The Bertz CT molecular complexity index is 920. The Balaban J connectivity index is 2.05. The second-order valence-electron chi connectivity index (χ2n) is 6.86. The SMILES string of the molecule is CC(C)C(=O)Nc1cc(C(=O)NC(C)c2ccc(OCC(F)(F)F)c(Cl)c2)ccn1. The van der Waals surface area contributed by atoms with Crippen LogP contribution in [0.25, 0.3) is 0 Å². The average molecular weight is 444 g/mol. The van der Waals surface area contributed by atoms with E-state index in [4.69, 9.17) is 11.6 Å². The number of halogens is 4. The van der Waals surface area contributed by atoms with Gasteiger partial charge in [-0.15, -0.1) is 0 Å². The summed E-state index contributed by atoms with van der Waals surface area (Å²) in [5.74, 6) is -0.731. The molecule has 0 saturated carbocycles. The predicted molar refractivity (Wildman–Crippen MR) is 107 cm³/mol. The number of pyridine rings is 1. The van der Waals surface area contributed by atoms with Crippen molar-refractivity contribution in [1.82, 2.24) is 10.3 Å². The lowest BCUT2D eigenvalue weighted by Gasteiger charge is -2.17. The lowest BCUT2D eigenvalue weighted by molar-refractivity contribution is -0.153. The first kappa shape index (κ1) is 23.5. The molecule has 0 radical (unpaired) electrons. The van der Waals surface area contributed by atoms with Gasteiger partial charge in [0.2, 0.25) is 5.91 Å². The molecule has 162 valence electrons. The number of alkyl halides is 3. The Labute approximate surface area is 176 Å². The molecule has 0 bridgehead atoms. The van der Waals surface area contributed by atoms with Crippen LogP contribution in [-0.4, -0.2) is 29.6 Å². The van der Waals surface area contributed by atoms with E-state index < -0.39 is 24.7 Å². The van der Waals surface area contributed by atoms with E-state index >= 15 is 0 Å². The Morgan fingerprint density at radius 1 is 1.17 bits per heavy atom. The van der Waals surface area contributed by atoms with Gasteiger partial charge in [-0.25, -0.2) is 4.98 Å². The number of benzene rings is 1. The summed E-state index contributed by atoms with van der Waals surface area (Å²) in [4.78, 5) is 28.3. The molecule has 30 heavy (non-hydrogen) atoms. The molecule has 2 rings (SSSR count). The summed E-state index contributed by atoms with van der Waals surface area (Å²) in [6.45, 7) is 3.72. The van der Waals surface area contributed by atoms with Gasteiger partial charge in [0.25, 0.3) is 5.91 Å². The van der Waals surface area contributed by atoms with Crippen LogP contribution in [-0.2, 0) is 4.79 Å². The molecule has 1 heterocycles. The fourth-order valence-corrected chi connectivity index (χ4v) is 2.58. The number of hydrogen-bond acceptors (Lipinski definition) is 4. The van der Waals surface area contributed by atoms with Crippen molar-refractivity contribution in [3.63, 3.8) is 0 Å². The summed E-state index contributed by atoms with van der Waals surface area (Å²) in [7, 11) is 0. The molecular weight excluding hydrogens is 423 g/mol. The van der Waals surface area contributed by atoms with Crippen LogP contribution >= 0.6 is 11.6 Å². The van der Waals surface area contributed by atoms with Gasteiger partial charge in [0.1, 0.15) is 11.6 Å². The summed E-state index contributed by atoms with van der Waals surface area (Å²) < 4.78 is 41.5. The second kappa shape index (κ2) is 9.80. The van der Waals surface area contributed by atoms with E-state index in [1.807, 2.05) is 0 Å². The lowest BCUT2D eigenvalue weighted by Crippen LogP contribution is -2.27. The molecule has 0 saturated heterocycles. The van der Waals surface area contributed by atoms with E-state index in [-0.39, 0.29) is 34.0 Å². The van der Waals surface area contributed by atoms with Crippen LogP contribution in [0, 0.1) is 5.92 Å². The average Bonchev–Trinajstić information content (AvgIpc) is 2.66. The molecule has 6 nitrogen and oxygen atoms in total. The first-order valence-corrected chi connectivity index (χ1v) is 9.41. The zero-order chi connectivity index (χ0) is 22.5. The minimum Gasteiger partial charge on any atom is -0.483 e. The molecule has 2 aromatic rings. The van der Waals surface area contributed by atoms with E-state index in [1.54, 1.807) is 20.8 Å².